The first-order valence-corrected chi connectivity index (χ1v) is 5.55. The molecule has 86 valence electrons. The van der Waals surface area contributed by atoms with Gasteiger partial charge in [0.25, 0.3) is 0 Å². The molecule has 0 unspecified atom stereocenters. The number of aryl methyl sites for hydroxylation is 3. The molecule has 2 nitrogen and oxygen atoms in total. The van der Waals surface area contributed by atoms with E-state index in [-0.39, 0.29) is 11.6 Å². The summed E-state index contributed by atoms with van der Waals surface area (Å²) in [7, 11) is 0. The van der Waals surface area contributed by atoms with Crippen LogP contribution >= 0.6 is 0 Å². The fraction of sp³-hybridized carbons (Fsp3) is 0.200. The van der Waals surface area contributed by atoms with Gasteiger partial charge in [0.05, 0.1) is 0 Å². The van der Waals surface area contributed by atoms with E-state index in [0.717, 1.165) is 22.3 Å². The Morgan fingerprint density at radius 3 is 2.06 bits per heavy atom. The van der Waals surface area contributed by atoms with E-state index >= 15 is 0 Å². The fourth-order valence-electron chi connectivity index (χ4n) is 2.31. The van der Waals surface area contributed by atoms with Crippen LogP contribution in [-0.2, 0) is 9.59 Å². The molecule has 1 aliphatic rings. The maximum absolute atomic E-state index is 11.8. The van der Waals surface area contributed by atoms with E-state index in [2.05, 4.69) is 0 Å². The molecular formula is C15H14O2. The number of hydrogen-bond donors (Lipinski definition) is 0. The van der Waals surface area contributed by atoms with E-state index in [4.69, 9.17) is 0 Å². The molecule has 0 fully saturated rings. The maximum atomic E-state index is 11.8. The number of ketones is 2. The molecule has 0 spiro atoms. The smallest absolute Gasteiger partial charge is 0.186 e. The maximum Gasteiger partial charge on any atom is 0.186 e. The molecular weight excluding hydrogens is 212 g/mol. The van der Waals surface area contributed by atoms with Crippen LogP contribution in [0, 0.1) is 20.8 Å². The third-order valence-corrected chi connectivity index (χ3v) is 2.90. The molecule has 0 bridgehead atoms. The van der Waals surface area contributed by atoms with Gasteiger partial charge in [-0.3, -0.25) is 9.59 Å². The van der Waals surface area contributed by atoms with Crippen molar-refractivity contribution in [3.05, 3.63) is 52.6 Å². The Morgan fingerprint density at radius 1 is 0.882 bits per heavy atom. The summed E-state index contributed by atoms with van der Waals surface area (Å²) in [5.74, 6) is -0.223. The summed E-state index contributed by atoms with van der Waals surface area (Å²) in [6.45, 7) is 5.95. The van der Waals surface area contributed by atoms with E-state index in [0.29, 0.717) is 5.57 Å². The predicted molar refractivity (Wildman–Crippen MR) is 67.8 cm³/mol. The van der Waals surface area contributed by atoms with Gasteiger partial charge in [0, 0.05) is 5.57 Å². The normalized spacial score (nSPS) is 15.1. The fourth-order valence-corrected chi connectivity index (χ4v) is 2.31. The third kappa shape index (κ3) is 2.11. The minimum absolute atomic E-state index is 0.0975. The summed E-state index contributed by atoms with van der Waals surface area (Å²) in [6.07, 6.45) is 4.08. The zero-order valence-corrected chi connectivity index (χ0v) is 10.2. The number of benzene rings is 1. The van der Waals surface area contributed by atoms with Gasteiger partial charge in [0.2, 0.25) is 0 Å². The molecule has 0 saturated heterocycles. The van der Waals surface area contributed by atoms with Crippen molar-refractivity contribution in [1.82, 2.24) is 0 Å². The number of carbonyl (C=O) groups is 2. The quantitative estimate of drug-likeness (QED) is 0.690. The summed E-state index contributed by atoms with van der Waals surface area (Å²) in [5.41, 5.74) is 4.62. The Hall–Kier alpha value is -1.96. The largest absolute Gasteiger partial charge is 0.290 e. The van der Waals surface area contributed by atoms with Crippen molar-refractivity contribution in [3.63, 3.8) is 0 Å². The molecule has 1 aromatic rings. The van der Waals surface area contributed by atoms with Gasteiger partial charge in [-0.05, 0) is 55.7 Å². The van der Waals surface area contributed by atoms with Crippen molar-refractivity contribution >= 4 is 17.1 Å². The summed E-state index contributed by atoms with van der Waals surface area (Å²) in [4.78, 5) is 23.2. The predicted octanol–water partition coefficient (Wildman–Crippen LogP) is 2.70. The Labute approximate surface area is 101 Å². The second-order valence-corrected chi connectivity index (χ2v) is 4.43. The van der Waals surface area contributed by atoms with Crippen LogP contribution in [0.15, 0.2) is 30.4 Å². The van der Waals surface area contributed by atoms with Crippen molar-refractivity contribution in [2.45, 2.75) is 20.8 Å². The van der Waals surface area contributed by atoms with Gasteiger partial charge >= 0.3 is 0 Å². The number of rotatable bonds is 1. The number of hydrogen-bond acceptors (Lipinski definition) is 2. The first-order valence-electron chi connectivity index (χ1n) is 5.55. The summed E-state index contributed by atoms with van der Waals surface area (Å²) < 4.78 is 0. The molecule has 0 saturated carbocycles. The van der Waals surface area contributed by atoms with Gasteiger partial charge in [0.15, 0.2) is 11.6 Å². The molecule has 0 aromatic heterocycles. The van der Waals surface area contributed by atoms with Crippen LogP contribution in [0.4, 0.5) is 0 Å². The van der Waals surface area contributed by atoms with E-state index in [9.17, 15) is 9.59 Å². The molecule has 1 aliphatic carbocycles. The van der Waals surface area contributed by atoms with Crippen LogP contribution in [0.1, 0.15) is 22.3 Å². The Kier molecular flexibility index (Phi) is 2.80. The highest BCUT2D eigenvalue weighted by Gasteiger charge is 2.18. The highest BCUT2D eigenvalue weighted by atomic mass is 16.1. The Morgan fingerprint density at radius 2 is 1.47 bits per heavy atom. The van der Waals surface area contributed by atoms with Crippen molar-refractivity contribution in [2.75, 3.05) is 0 Å². The lowest BCUT2D eigenvalue weighted by atomic mass is 9.89. The second kappa shape index (κ2) is 4.13. The number of allylic oxidation sites excluding steroid dienone is 4. The van der Waals surface area contributed by atoms with Crippen LogP contribution < -0.4 is 0 Å². The second-order valence-electron chi connectivity index (χ2n) is 4.43. The van der Waals surface area contributed by atoms with Crippen LogP contribution in [0.3, 0.4) is 0 Å². The zero-order valence-electron chi connectivity index (χ0n) is 10.2. The number of carbonyl (C=O) groups excluding carboxylic acids is 2. The topological polar surface area (TPSA) is 34.1 Å². The monoisotopic (exact) mass is 226 g/mol. The van der Waals surface area contributed by atoms with E-state index in [1.807, 2.05) is 32.9 Å². The van der Waals surface area contributed by atoms with Crippen LogP contribution in [0.25, 0.3) is 5.57 Å². The average molecular weight is 226 g/mol. The van der Waals surface area contributed by atoms with Crippen molar-refractivity contribution < 1.29 is 9.59 Å². The zero-order chi connectivity index (χ0) is 12.6. The van der Waals surface area contributed by atoms with Gasteiger partial charge in [0.1, 0.15) is 0 Å². The molecule has 0 heterocycles. The van der Waals surface area contributed by atoms with Gasteiger partial charge in [-0.1, -0.05) is 17.7 Å². The van der Waals surface area contributed by atoms with E-state index in [1.165, 1.54) is 18.2 Å². The van der Waals surface area contributed by atoms with Crippen molar-refractivity contribution in [1.29, 1.82) is 0 Å². The molecule has 17 heavy (non-hydrogen) atoms. The van der Waals surface area contributed by atoms with Gasteiger partial charge in [-0.25, -0.2) is 0 Å². The van der Waals surface area contributed by atoms with Crippen LogP contribution in [0.5, 0.6) is 0 Å². The molecule has 0 aliphatic heterocycles. The van der Waals surface area contributed by atoms with Gasteiger partial charge in [-0.2, -0.15) is 0 Å². The SMILES string of the molecule is Cc1cc(C)c(C2=CC(=O)C=CC2=O)c(C)c1. The molecule has 2 rings (SSSR count). The molecule has 0 radical (unpaired) electrons. The summed E-state index contributed by atoms with van der Waals surface area (Å²) in [6, 6.07) is 4.05. The average Bonchev–Trinajstić information content (AvgIpc) is 2.21. The van der Waals surface area contributed by atoms with Gasteiger partial charge in [-0.15, -0.1) is 0 Å². The molecule has 0 N–H and O–H groups in total. The molecule has 0 atom stereocenters. The van der Waals surface area contributed by atoms with Crippen molar-refractivity contribution in [3.8, 4) is 0 Å². The van der Waals surface area contributed by atoms with E-state index < -0.39 is 0 Å². The minimum atomic E-state index is -0.126. The molecule has 0 amide bonds. The molecule has 1 aromatic carbocycles. The lowest BCUT2D eigenvalue weighted by Gasteiger charge is -2.14. The lowest BCUT2D eigenvalue weighted by molar-refractivity contribution is -0.113. The van der Waals surface area contributed by atoms with E-state index in [1.54, 1.807) is 0 Å². The third-order valence-electron chi connectivity index (χ3n) is 2.90. The highest BCUT2D eigenvalue weighted by Crippen LogP contribution is 2.27. The highest BCUT2D eigenvalue weighted by molar-refractivity contribution is 6.34. The first kappa shape index (κ1) is 11.5. The van der Waals surface area contributed by atoms with Crippen LogP contribution in [0.2, 0.25) is 0 Å². The van der Waals surface area contributed by atoms with Crippen LogP contribution in [-0.4, -0.2) is 11.6 Å². The minimum Gasteiger partial charge on any atom is -0.290 e. The molecule has 2 heteroatoms. The lowest BCUT2D eigenvalue weighted by Crippen LogP contribution is -2.09. The Bertz CT molecular complexity index is 552. The van der Waals surface area contributed by atoms with Gasteiger partial charge < -0.3 is 0 Å². The summed E-state index contributed by atoms with van der Waals surface area (Å²) in [5, 5.41) is 0. The Balaban J connectivity index is 2.62. The standard InChI is InChI=1S/C15H14O2/c1-9-6-10(2)15(11(3)7-9)13-8-12(16)4-5-14(13)17/h4-8H,1-3H3. The van der Waals surface area contributed by atoms with Crippen molar-refractivity contribution in [2.24, 2.45) is 0 Å². The summed E-state index contributed by atoms with van der Waals surface area (Å²) >= 11 is 0. The first-order chi connectivity index (χ1) is 7.99.